The van der Waals surface area contributed by atoms with Crippen LogP contribution in [-0.2, 0) is 6.54 Å². The highest BCUT2D eigenvalue weighted by Gasteiger charge is 2.06. The van der Waals surface area contributed by atoms with Crippen LogP contribution in [-0.4, -0.2) is 22.0 Å². The Morgan fingerprint density at radius 2 is 2.25 bits per heavy atom. The van der Waals surface area contributed by atoms with Gasteiger partial charge in [-0.1, -0.05) is 11.6 Å². The normalized spacial score (nSPS) is 10.4. The summed E-state index contributed by atoms with van der Waals surface area (Å²) in [6.07, 6.45) is 7.36. The number of amides is 1. The van der Waals surface area contributed by atoms with Crippen LogP contribution in [0, 0.1) is 0 Å². The topological polar surface area (TPSA) is 72.9 Å². The number of carbonyl (C=O) groups excluding carboxylic acids is 1. The highest BCUT2D eigenvalue weighted by Crippen LogP contribution is 2.19. The zero-order valence-corrected chi connectivity index (χ0v) is 11.8. The quantitative estimate of drug-likeness (QED) is 0.634. The average molecular weight is 293 g/mol. The first-order valence-corrected chi connectivity index (χ1v) is 6.83. The molecule has 106 valence electrons. The number of carbonyl (C=O) groups is 1. The van der Waals surface area contributed by atoms with Crippen molar-refractivity contribution in [3.05, 3.63) is 47.5 Å². The number of nitrogens with zero attached hydrogens (tertiary/aromatic N) is 2. The van der Waals surface area contributed by atoms with Crippen molar-refractivity contribution < 1.29 is 4.79 Å². The summed E-state index contributed by atoms with van der Waals surface area (Å²) >= 11 is 5.89. The van der Waals surface area contributed by atoms with Crippen LogP contribution in [0.4, 0.5) is 5.69 Å². The second-order valence-corrected chi connectivity index (χ2v) is 4.91. The molecule has 0 spiro atoms. The fourth-order valence-electron chi connectivity index (χ4n) is 1.81. The average Bonchev–Trinajstić information content (AvgIpc) is 2.94. The highest BCUT2D eigenvalue weighted by atomic mass is 35.5. The number of hydrogen-bond donors (Lipinski definition) is 2. The van der Waals surface area contributed by atoms with Gasteiger partial charge in [0.15, 0.2) is 0 Å². The molecule has 0 aliphatic rings. The molecule has 0 saturated carbocycles. The number of anilines is 1. The van der Waals surface area contributed by atoms with E-state index < -0.39 is 0 Å². The summed E-state index contributed by atoms with van der Waals surface area (Å²) in [6.45, 7) is 1.54. The van der Waals surface area contributed by atoms with Gasteiger partial charge in [0, 0.05) is 31.0 Å². The van der Waals surface area contributed by atoms with E-state index in [1.54, 1.807) is 30.7 Å². The number of nitrogens with one attached hydrogen (secondary N) is 1. The van der Waals surface area contributed by atoms with Gasteiger partial charge in [0.25, 0.3) is 5.91 Å². The van der Waals surface area contributed by atoms with Gasteiger partial charge in [-0.2, -0.15) is 0 Å². The number of rotatable bonds is 6. The van der Waals surface area contributed by atoms with Crippen LogP contribution in [0.5, 0.6) is 0 Å². The smallest absolute Gasteiger partial charge is 0.251 e. The first-order valence-electron chi connectivity index (χ1n) is 6.46. The summed E-state index contributed by atoms with van der Waals surface area (Å²) in [5.41, 5.74) is 6.61. The SMILES string of the molecule is Nc1ccc(C(=O)NCCCCn2ccnc2)cc1Cl. The third-order valence-corrected chi connectivity index (χ3v) is 3.28. The van der Waals surface area contributed by atoms with E-state index in [2.05, 4.69) is 10.3 Å². The van der Waals surface area contributed by atoms with Gasteiger partial charge in [0.05, 0.1) is 17.0 Å². The fraction of sp³-hybridized carbons (Fsp3) is 0.286. The van der Waals surface area contributed by atoms with Gasteiger partial charge in [-0.25, -0.2) is 4.98 Å². The van der Waals surface area contributed by atoms with E-state index >= 15 is 0 Å². The molecule has 0 aliphatic carbocycles. The van der Waals surface area contributed by atoms with Gasteiger partial charge < -0.3 is 15.6 Å². The second kappa shape index (κ2) is 6.96. The van der Waals surface area contributed by atoms with Crippen molar-refractivity contribution >= 4 is 23.2 Å². The summed E-state index contributed by atoms with van der Waals surface area (Å²) in [5.74, 6) is -0.130. The van der Waals surface area contributed by atoms with Crippen molar-refractivity contribution in [1.29, 1.82) is 0 Å². The van der Waals surface area contributed by atoms with Gasteiger partial charge in [-0.3, -0.25) is 4.79 Å². The van der Waals surface area contributed by atoms with Crippen LogP contribution in [0.1, 0.15) is 23.2 Å². The van der Waals surface area contributed by atoms with Gasteiger partial charge in [-0.15, -0.1) is 0 Å². The number of aromatic nitrogens is 2. The molecule has 0 saturated heterocycles. The van der Waals surface area contributed by atoms with Crippen LogP contribution in [0.25, 0.3) is 0 Å². The number of unbranched alkanes of at least 4 members (excludes halogenated alkanes) is 1. The van der Waals surface area contributed by atoms with Crippen molar-refractivity contribution in [2.24, 2.45) is 0 Å². The van der Waals surface area contributed by atoms with E-state index in [1.165, 1.54) is 0 Å². The number of nitrogens with two attached hydrogens (primary N) is 1. The maximum absolute atomic E-state index is 11.9. The first-order chi connectivity index (χ1) is 9.66. The lowest BCUT2D eigenvalue weighted by Gasteiger charge is -2.07. The summed E-state index contributed by atoms with van der Waals surface area (Å²) in [4.78, 5) is 15.8. The Bertz CT molecular complexity index is 569. The van der Waals surface area contributed by atoms with Gasteiger partial charge >= 0.3 is 0 Å². The third kappa shape index (κ3) is 3.99. The Morgan fingerprint density at radius 1 is 1.40 bits per heavy atom. The number of nitrogen functional groups attached to an aromatic ring is 1. The van der Waals surface area contributed by atoms with E-state index in [0.717, 1.165) is 19.4 Å². The largest absolute Gasteiger partial charge is 0.398 e. The number of imidazole rings is 1. The molecule has 0 unspecified atom stereocenters. The minimum absolute atomic E-state index is 0.130. The van der Waals surface area contributed by atoms with Gasteiger partial charge in [-0.05, 0) is 31.0 Å². The van der Waals surface area contributed by atoms with E-state index in [0.29, 0.717) is 22.8 Å². The second-order valence-electron chi connectivity index (χ2n) is 4.50. The molecular weight excluding hydrogens is 276 g/mol. The van der Waals surface area contributed by atoms with Gasteiger partial charge in [0.2, 0.25) is 0 Å². The molecule has 0 atom stereocenters. The molecule has 1 amide bonds. The van der Waals surface area contributed by atoms with E-state index in [1.807, 2.05) is 10.8 Å². The minimum Gasteiger partial charge on any atom is -0.398 e. The fourth-order valence-corrected chi connectivity index (χ4v) is 1.99. The maximum atomic E-state index is 11.9. The zero-order valence-electron chi connectivity index (χ0n) is 11.1. The van der Waals surface area contributed by atoms with E-state index in [9.17, 15) is 4.79 Å². The molecule has 2 aromatic rings. The predicted molar refractivity (Wildman–Crippen MR) is 79.7 cm³/mol. The molecular formula is C14H17ClN4O. The number of benzene rings is 1. The van der Waals surface area contributed by atoms with Gasteiger partial charge in [0.1, 0.15) is 0 Å². The maximum Gasteiger partial charge on any atom is 0.251 e. The standard InChI is InChI=1S/C14H17ClN4O/c15-12-9-11(3-4-13(12)16)14(20)18-5-1-2-7-19-8-6-17-10-19/h3-4,6,8-10H,1-2,5,7,16H2,(H,18,20). The molecule has 1 heterocycles. The van der Waals surface area contributed by atoms with E-state index in [-0.39, 0.29) is 5.91 Å². The van der Waals surface area contributed by atoms with Crippen LogP contribution < -0.4 is 11.1 Å². The Hall–Kier alpha value is -2.01. The van der Waals surface area contributed by atoms with Crippen molar-refractivity contribution in [3.63, 3.8) is 0 Å². The summed E-state index contributed by atoms with van der Waals surface area (Å²) in [5, 5.41) is 3.26. The molecule has 0 fully saturated rings. The molecule has 0 radical (unpaired) electrons. The molecule has 6 heteroatoms. The van der Waals surface area contributed by atoms with E-state index in [4.69, 9.17) is 17.3 Å². The minimum atomic E-state index is -0.130. The molecule has 0 aliphatic heterocycles. The number of halogens is 1. The molecule has 0 bridgehead atoms. The molecule has 20 heavy (non-hydrogen) atoms. The van der Waals surface area contributed by atoms with Crippen LogP contribution in [0.15, 0.2) is 36.9 Å². The highest BCUT2D eigenvalue weighted by molar-refractivity contribution is 6.33. The van der Waals surface area contributed by atoms with Crippen LogP contribution in [0.2, 0.25) is 5.02 Å². The van der Waals surface area contributed by atoms with Crippen LogP contribution >= 0.6 is 11.6 Å². The van der Waals surface area contributed by atoms with Crippen molar-refractivity contribution in [2.45, 2.75) is 19.4 Å². The van der Waals surface area contributed by atoms with Crippen LogP contribution in [0.3, 0.4) is 0 Å². The molecule has 2 rings (SSSR count). The molecule has 1 aromatic carbocycles. The zero-order chi connectivity index (χ0) is 14.4. The Labute approximate surface area is 122 Å². The lowest BCUT2D eigenvalue weighted by Crippen LogP contribution is -2.24. The summed E-state index contributed by atoms with van der Waals surface area (Å²) in [6, 6.07) is 4.88. The Morgan fingerprint density at radius 3 is 2.95 bits per heavy atom. The first kappa shape index (κ1) is 14.4. The summed E-state index contributed by atoms with van der Waals surface area (Å²) < 4.78 is 2.02. The number of aryl methyl sites for hydroxylation is 1. The number of hydrogen-bond acceptors (Lipinski definition) is 3. The molecule has 5 nitrogen and oxygen atoms in total. The van der Waals surface area contributed by atoms with Crippen molar-refractivity contribution in [3.8, 4) is 0 Å². The lowest BCUT2D eigenvalue weighted by molar-refractivity contribution is 0.0953. The Balaban J connectivity index is 1.70. The molecule has 3 N–H and O–H groups in total. The third-order valence-electron chi connectivity index (χ3n) is 2.95. The van der Waals surface area contributed by atoms with Crippen molar-refractivity contribution in [2.75, 3.05) is 12.3 Å². The lowest BCUT2D eigenvalue weighted by atomic mass is 10.2. The summed E-state index contributed by atoms with van der Waals surface area (Å²) in [7, 11) is 0. The monoisotopic (exact) mass is 292 g/mol. The van der Waals surface area contributed by atoms with Crippen molar-refractivity contribution in [1.82, 2.24) is 14.9 Å². The Kier molecular flexibility index (Phi) is 5.01. The molecule has 1 aromatic heterocycles. The predicted octanol–water partition coefficient (Wildman–Crippen LogP) is 2.33.